The van der Waals surface area contributed by atoms with Crippen LogP contribution in [0, 0.1) is 0 Å². The van der Waals surface area contributed by atoms with E-state index in [0.717, 1.165) is 10.2 Å². The van der Waals surface area contributed by atoms with Crippen molar-refractivity contribution in [2.75, 3.05) is 19.0 Å². The zero-order valence-electron chi connectivity index (χ0n) is 12.2. The zero-order chi connectivity index (χ0) is 14.7. The maximum atomic E-state index is 5.94. The molecule has 108 valence electrons. The molecule has 1 aromatic carbocycles. The molecule has 2 unspecified atom stereocenters. The van der Waals surface area contributed by atoms with Crippen LogP contribution >= 0.6 is 22.9 Å². The molecule has 0 amide bonds. The Bertz CT molecular complexity index is 553. The van der Waals surface area contributed by atoms with E-state index in [0.29, 0.717) is 6.04 Å². The van der Waals surface area contributed by atoms with Gasteiger partial charge in [-0.2, -0.15) is 0 Å². The van der Waals surface area contributed by atoms with E-state index in [1.807, 2.05) is 25.4 Å². The Morgan fingerprint density at radius 1 is 1.25 bits per heavy atom. The lowest BCUT2D eigenvalue weighted by Gasteiger charge is -2.24. The summed E-state index contributed by atoms with van der Waals surface area (Å²) in [5.74, 6) is 0. The van der Waals surface area contributed by atoms with Crippen LogP contribution in [0.2, 0.25) is 5.02 Å². The highest BCUT2D eigenvalue weighted by atomic mass is 35.5. The fraction of sp³-hybridized carbons (Fsp3) is 0.400. The summed E-state index contributed by atoms with van der Waals surface area (Å²) < 4.78 is 0. The summed E-state index contributed by atoms with van der Waals surface area (Å²) in [6, 6.07) is 8.58. The van der Waals surface area contributed by atoms with Gasteiger partial charge >= 0.3 is 0 Å². The monoisotopic (exact) mass is 309 g/mol. The second-order valence-electron chi connectivity index (χ2n) is 4.89. The highest BCUT2D eigenvalue weighted by molar-refractivity contribution is 7.15. The third kappa shape index (κ3) is 3.32. The molecule has 0 aliphatic heterocycles. The SMILES string of the molecule is CNC(C)c1cnc(N(C)C(C)c2ccc(Cl)cc2)s1. The molecule has 0 spiro atoms. The molecule has 2 atom stereocenters. The Hall–Kier alpha value is -1.10. The molecule has 0 aliphatic carbocycles. The second kappa shape index (κ2) is 6.57. The van der Waals surface area contributed by atoms with Crippen LogP contribution in [0.15, 0.2) is 30.5 Å². The summed E-state index contributed by atoms with van der Waals surface area (Å²) in [5, 5.41) is 5.04. The van der Waals surface area contributed by atoms with Gasteiger partial charge in [0.25, 0.3) is 0 Å². The van der Waals surface area contributed by atoms with Gasteiger partial charge in [-0.15, -0.1) is 11.3 Å². The molecule has 0 saturated heterocycles. The Morgan fingerprint density at radius 3 is 2.50 bits per heavy atom. The summed E-state index contributed by atoms with van der Waals surface area (Å²) in [6.07, 6.45) is 1.95. The van der Waals surface area contributed by atoms with Crippen LogP contribution in [0.3, 0.4) is 0 Å². The number of hydrogen-bond donors (Lipinski definition) is 1. The lowest BCUT2D eigenvalue weighted by Crippen LogP contribution is -2.21. The van der Waals surface area contributed by atoms with Gasteiger partial charge in [0.15, 0.2) is 5.13 Å². The van der Waals surface area contributed by atoms with Gasteiger partial charge in [0.2, 0.25) is 0 Å². The first kappa shape index (κ1) is 15.3. The number of nitrogens with zero attached hydrogens (tertiary/aromatic N) is 2. The Morgan fingerprint density at radius 2 is 1.90 bits per heavy atom. The van der Waals surface area contributed by atoms with Crippen molar-refractivity contribution in [2.24, 2.45) is 0 Å². The zero-order valence-corrected chi connectivity index (χ0v) is 13.8. The van der Waals surface area contributed by atoms with Crippen LogP contribution in [-0.4, -0.2) is 19.1 Å². The van der Waals surface area contributed by atoms with E-state index >= 15 is 0 Å². The fourth-order valence-electron chi connectivity index (χ4n) is 1.91. The minimum absolute atomic E-state index is 0.260. The van der Waals surface area contributed by atoms with Crippen molar-refractivity contribution in [1.29, 1.82) is 0 Å². The molecule has 0 fully saturated rings. The molecule has 0 radical (unpaired) electrons. The van der Waals surface area contributed by atoms with Gasteiger partial charge < -0.3 is 10.2 Å². The summed E-state index contributed by atoms with van der Waals surface area (Å²) >= 11 is 7.66. The molecule has 2 aromatic rings. The summed E-state index contributed by atoms with van der Waals surface area (Å²) in [5.41, 5.74) is 1.23. The number of rotatable bonds is 5. The molecule has 2 rings (SSSR count). The number of aromatic nitrogens is 1. The lowest BCUT2D eigenvalue weighted by molar-refractivity contribution is 0.662. The molecule has 1 heterocycles. The van der Waals surface area contributed by atoms with Crippen molar-refractivity contribution in [2.45, 2.75) is 25.9 Å². The Kier molecular flexibility index (Phi) is 5.02. The maximum absolute atomic E-state index is 5.94. The Balaban J connectivity index is 2.15. The van der Waals surface area contributed by atoms with E-state index in [1.165, 1.54) is 10.4 Å². The van der Waals surface area contributed by atoms with Gasteiger partial charge in [0.1, 0.15) is 0 Å². The summed E-state index contributed by atoms with van der Waals surface area (Å²) in [4.78, 5) is 7.97. The van der Waals surface area contributed by atoms with Crippen LogP contribution in [0.4, 0.5) is 5.13 Å². The van der Waals surface area contributed by atoms with Crippen molar-refractivity contribution in [1.82, 2.24) is 10.3 Å². The third-order valence-electron chi connectivity index (χ3n) is 3.61. The van der Waals surface area contributed by atoms with E-state index in [-0.39, 0.29) is 6.04 Å². The number of hydrogen-bond acceptors (Lipinski definition) is 4. The largest absolute Gasteiger partial charge is 0.344 e. The number of thiazole rings is 1. The molecule has 20 heavy (non-hydrogen) atoms. The van der Waals surface area contributed by atoms with Crippen LogP contribution in [-0.2, 0) is 0 Å². The molecular formula is C15H20ClN3S. The topological polar surface area (TPSA) is 28.2 Å². The van der Waals surface area contributed by atoms with Crippen molar-refractivity contribution >= 4 is 28.1 Å². The van der Waals surface area contributed by atoms with Gasteiger partial charge in [-0.25, -0.2) is 4.98 Å². The average Bonchev–Trinajstić information content (AvgIpc) is 2.95. The second-order valence-corrected chi connectivity index (χ2v) is 6.37. The highest BCUT2D eigenvalue weighted by Gasteiger charge is 2.16. The summed E-state index contributed by atoms with van der Waals surface area (Å²) in [7, 11) is 4.04. The molecule has 0 aliphatic rings. The van der Waals surface area contributed by atoms with Gasteiger partial charge in [-0.3, -0.25) is 0 Å². The number of nitrogens with one attached hydrogen (secondary N) is 1. The lowest BCUT2D eigenvalue weighted by atomic mass is 10.1. The van der Waals surface area contributed by atoms with Crippen LogP contribution in [0.1, 0.15) is 36.4 Å². The van der Waals surface area contributed by atoms with Gasteiger partial charge in [0, 0.05) is 29.2 Å². The average molecular weight is 310 g/mol. The predicted octanol–water partition coefficient (Wildman–Crippen LogP) is 4.27. The van der Waals surface area contributed by atoms with Crippen molar-refractivity contribution in [3.8, 4) is 0 Å². The van der Waals surface area contributed by atoms with E-state index in [4.69, 9.17) is 11.6 Å². The first-order chi connectivity index (χ1) is 9.52. The van der Waals surface area contributed by atoms with Crippen molar-refractivity contribution in [3.05, 3.63) is 45.9 Å². The van der Waals surface area contributed by atoms with E-state index in [9.17, 15) is 0 Å². The maximum Gasteiger partial charge on any atom is 0.185 e. The minimum atomic E-state index is 0.260. The van der Waals surface area contributed by atoms with E-state index < -0.39 is 0 Å². The van der Waals surface area contributed by atoms with Crippen LogP contribution < -0.4 is 10.2 Å². The minimum Gasteiger partial charge on any atom is -0.344 e. The van der Waals surface area contributed by atoms with Gasteiger partial charge in [-0.1, -0.05) is 23.7 Å². The van der Waals surface area contributed by atoms with Gasteiger partial charge in [0.05, 0.1) is 6.04 Å². The Labute approximate surface area is 129 Å². The molecule has 3 nitrogen and oxygen atoms in total. The fourth-order valence-corrected chi connectivity index (χ4v) is 3.06. The van der Waals surface area contributed by atoms with Crippen molar-refractivity contribution < 1.29 is 0 Å². The molecular weight excluding hydrogens is 290 g/mol. The smallest absolute Gasteiger partial charge is 0.185 e. The first-order valence-corrected chi connectivity index (χ1v) is 7.83. The van der Waals surface area contributed by atoms with E-state index in [1.54, 1.807) is 11.3 Å². The number of anilines is 1. The molecule has 0 bridgehead atoms. The van der Waals surface area contributed by atoms with Gasteiger partial charge in [-0.05, 0) is 38.6 Å². The van der Waals surface area contributed by atoms with Crippen molar-refractivity contribution in [3.63, 3.8) is 0 Å². The predicted molar refractivity (Wildman–Crippen MR) is 87.9 cm³/mol. The van der Waals surface area contributed by atoms with E-state index in [2.05, 4.69) is 48.2 Å². The molecule has 1 N–H and O–H groups in total. The molecule has 5 heteroatoms. The first-order valence-electron chi connectivity index (χ1n) is 6.64. The molecule has 1 aromatic heterocycles. The summed E-state index contributed by atoms with van der Waals surface area (Å²) in [6.45, 7) is 4.31. The van der Waals surface area contributed by atoms with Crippen LogP contribution in [0.5, 0.6) is 0 Å². The highest BCUT2D eigenvalue weighted by Crippen LogP contribution is 2.31. The normalized spacial score (nSPS) is 14.1. The molecule has 0 saturated carbocycles. The van der Waals surface area contributed by atoms with Crippen LogP contribution in [0.25, 0.3) is 0 Å². The number of benzene rings is 1. The standard InChI is InChI=1S/C15H20ClN3S/c1-10(17-3)14-9-18-15(20-14)19(4)11(2)12-5-7-13(16)8-6-12/h5-11,17H,1-4H3. The quantitative estimate of drug-likeness (QED) is 0.893. The number of halogens is 1. The third-order valence-corrected chi connectivity index (χ3v) is 5.13.